The molecule has 1 aliphatic rings. The Labute approximate surface area is 162 Å². The first kappa shape index (κ1) is 18.7. The Kier molecular flexibility index (Phi) is 5.15. The molecule has 2 aromatic heterocycles. The van der Waals surface area contributed by atoms with Crippen LogP contribution < -0.4 is 11.1 Å². The van der Waals surface area contributed by atoms with Crippen molar-refractivity contribution in [2.75, 3.05) is 0 Å². The molecule has 0 atom stereocenters. The largest absolute Gasteiger partial charge is 0.339 e. The molecule has 0 bridgehead atoms. The fraction of sp³-hybridized carbons (Fsp3) is 0.524. The van der Waals surface area contributed by atoms with E-state index in [9.17, 15) is 9.59 Å². The summed E-state index contributed by atoms with van der Waals surface area (Å²) in [5, 5.41) is 4.10. The number of benzene rings is 1. The van der Waals surface area contributed by atoms with Crippen molar-refractivity contribution in [3.63, 3.8) is 0 Å². The molecular formula is C21H26N4O3. The zero-order valence-corrected chi connectivity index (χ0v) is 16.4. The smallest absolute Gasteiger partial charge is 0.316 e. The molecule has 7 nitrogen and oxygen atoms in total. The van der Waals surface area contributed by atoms with E-state index in [1.165, 1.54) is 30.3 Å². The summed E-state index contributed by atoms with van der Waals surface area (Å²) in [6.07, 6.45) is 7.16. The predicted molar refractivity (Wildman–Crippen MR) is 107 cm³/mol. The van der Waals surface area contributed by atoms with Gasteiger partial charge in [-0.2, -0.15) is 4.98 Å². The molecule has 0 unspecified atom stereocenters. The number of aryl methyl sites for hydroxylation is 1. The lowest BCUT2D eigenvalue weighted by Gasteiger charge is -2.12. The normalized spacial score (nSPS) is 15.1. The van der Waals surface area contributed by atoms with Gasteiger partial charge in [0.15, 0.2) is 0 Å². The van der Waals surface area contributed by atoms with Crippen LogP contribution in [0.4, 0.5) is 0 Å². The van der Waals surface area contributed by atoms with Crippen LogP contribution in [0.3, 0.4) is 0 Å². The number of nitrogens with zero attached hydrogens (tertiary/aromatic N) is 3. The number of hydrogen-bond acceptors (Lipinski definition) is 5. The van der Waals surface area contributed by atoms with Crippen LogP contribution in [0.2, 0.25) is 0 Å². The molecule has 0 amide bonds. The molecule has 1 fully saturated rings. The summed E-state index contributed by atoms with van der Waals surface area (Å²) in [7, 11) is 0. The summed E-state index contributed by atoms with van der Waals surface area (Å²) in [5.41, 5.74) is 0.916. The molecule has 7 heteroatoms. The number of nitrogens with one attached hydrogen (secondary N) is 1. The second-order valence-electron chi connectivity index (χ2n) is 8.20. The maximum Gasteiger partial charge on any atom is 0.316 e. The van der Waals surface area contributed by atoms with Crippen molar-refractivity contribution in [3.8, 4) is 11.4 Å². The van der Waals surface area contributed by atoms with Crippen LogP contribution in [-0.4, -0.2) is 19.7 Å². The molecule has 0 aliphatic heterocycles. The zero-order valence-electron chi connectivity index (χ0n) is 16.4. The Morgan fingerprint density at radius 1 is 1.25 bits per heavy atom. The van der Waals surface area contributed by atoms with E-state index in [2.05, 4.69) is 15.1 Å². The number of rotatable bonds is 6. The molecular weight excluding hydrogens is 356 g/mol. The first-order valence-electron chi connectivity index (χ1n) is 10.1. The van der Waals surface area contributed by atoms with Gasteiger partial charge in [0.25, 0.3) is 0 Å². The van der Waals surface area contributed by atoms with Crippen molar-refractivity contribution in [2.24, 2.45) is 11.8 Å². The first-order chi connectivity index (χ1) is 13.5. The minimum absolute atomic E-state index is 0.252. The van der Waals surface area contributed by atoms with Crippen molar-refractivity contribution in [1.29, 1.82) is 0 Å². The van der Waals surface area contributed by atoms with Crippen LogP contribution in [0, 0.1) is 11.8 Å². The highest BCUT2D eigenvalue weighted by Crippen LogP contribution is 2.29. The van der Waals surface area contributed by atoms with Gasteiger partial charge in [-0.1, -0.05) is 44.7 Å². The summed E-state index contributed by atoms with van der Waals surface area (Å²) in [5.74, 6) is 2.19. The summed E-state index contributed by atoms with van der Waals surface area (Å²) >= 11 is 0. The molecule has 28 heavy (non-hydrogen) atoms. The summed E-state index contributed by atoms with van der Waals surface area (Å²) < 4.78 is 6.96. The molecule has 1 aliphatic carbocycles. The van der Waals surface area contributed by atoms with Crippen LogP contribution in [0.15, 0.2) is 32.3 Å². The topological polar surface area (TPSA) is 93.8 Å². The Morgan fingerprint density at radius 2 is 2.04 bits per heavy atom. The number of hydrogen-bond donors (Lipinski definition) is 1. The first-order valence-corrected chi connectivity index (χ1v) is 10.1. The van der Waals surface area contributed by atoms with Crippen LogP contribution in [0.1, 0.15) is 51.8 Å². The molecule has 2 heterocycles. The Balaban J connectivity index is 1.62. The maximum absolute atomic E-state index is 12.2. The number of aromatic amines is 1. The van der Waals surface area contributed by atoms with E-state index < -0.39 is 11.1 Å². The highest BCUT2D eigenvalue weighted by molar-refractivity contribution is 5.80. The third-order valence-electron chi connectivity index (χ3n) is 5.49. The maximum atomic E-state index is 12.2. The fourth-order valence-electron chi connectivity index (χ4n) is 4.07. The highest BCUT2D eigenvalue weighted by atomic mass is 16.5. The Bertz CT molecular complexity index is 1090. The monoisotopic (exact) mass is 382 g/mol. The van der Waals surface area contributed by atoms with Gasteiger partial charge >= 0.3 is 11.1 Å². The van der Waals surface area contributed by atoms with Crippen molar-refractivity contribution in [1.82, 2.24) is 19.7 Å². The van der Waals surface area contributed by atoms with Gasteiger partial charge < -0.3 is 14.1 Å². The second-order valence-corrected chi connectivity index (χ2v) is 8.20. The molecule has 0 spiro atoms. The zero-order chi connectivity index (χ0) is 19.7. The Morgan fingerprint density at radius 3 is 2.79 bits per heavy atom. The quantitative estimate of drug-likeness (QED) is 0.658. The van der Waals surface area contributed by atoms with Crippen molar-refractivity contribution in [3.05, 3.63) is 44.8 Å². The minimum Gasteiger partial charge on any atom is -0.339 e. The minimum atomic E-state index is -0.615. The highest BCUT2D eigenvalue weighted by Gasteiger charge is 2.17. The number of fused-ring (bicyclic) bond motifs is 1. The van der Waals surface area contributed by atoms with E-state index in [4.69, 9.17) is 4.52 Å². The molecule has 0 radical (unpaired) electrons. The molecule has 148 valence electrons. The molecule has 3 aromatic rings. The van der Waals surface area contributed by atoms with Crippen LogP contribution in [-0.2, 0) is 13.0 Å². The molecule has 1 aromatic carbocycles. The third kappa shape index (κ3) is 3.79. The lowest BCUT2D eigenvalue weighted by atomic mass is 10.0. The lowest BCUT2D eigenvalue weighted by Crippen LogP contribution is -2.37. The van der Waals surface area contributed by atoms with Gasteiger partial charge in [0, 0.05) is 18.5 Å². The van der Waals surface area contributed by atoms with E-state index in [1.54, 1.807) is 6.07 Å². The average molecular weight is 382 g/mol. The van der Waals surface area contributed by atoms with Gasteiger partial charge in [-0.3, -0.25) is 9.59 Å². The third-order valence-corrected chi connectivity index (χ3v) is 5.49. The predicted octanol–water partition coefficient (Wildman–Crippen LogP) is 3.52. The van der Waals surface area contributed by atoms with E-state index in [-0.39, 0.29) is 5.92 Å². The van der Waals surface area contributed by atoms with Crippen LogP contribution in [0.25, 0.3) is 22.4 Å². The molecule has 0 saturated heterocycles. The summed E-state index contributed by atoms with van der Waals surface area (Å²) in [6, 6.07) is 5.50. The summed E-state index contributed by atoms with van der Waals surface area (Å²) in [4.78, 5) is 31.5. The van der Waals surface area contributed by atoms with Crippen LogP contribution in [0.5, 0.6) is 0 Å². The van der Waals surface area contributed by atoms with E-state index in [0.29, 0.717) is 29.3 Å². The van der Waals surface area contributed by atoms with Gasteiger partial charge in [-0.05, 0) is 36.5 Å². The number of H-pyrrole nitrogens is 1. The van der Waals surface area contributed by atoms with Crippen molar-refractivity contribution in [2.45, 2.75) is 58.9 Å². The van der Waals surface area contributed by atoms with Gasteiger partial charge in [0.05, 0.1) is 11.0 Å². The SMILES string of the molecule is CC(C)Cn1c(=O)c(=O)[nH]c2cc(-c3noc(CCC4CCCC4)n3)ccc21. The number of aromatic nitrogens is 4. The van der Waals surface area contributed by atoms with E-state index >= 15 is 0 Å². The standard InChI is InChI=1S/C21H26N4O3/c1-13(2)12-25-17-9-8-15(11-16(17)22-20(26)21(25)27)19-23-18(28-24-19)10-7-14-5-3-4-6-14/h8-9,11,13-14H,3-7,10,12H2,1-2H3,(H,22,26). The van der Waals surface area contributed by atoms with Gasteiger partial charge in [0.2, 0.25) is 11.7 Å². The summed E-state index contributed by atoms with van der Waals surface area (Å²) in [6.45, 7) is 4.52. The lowest BCUT2D eigenvalue weighted by molar-refractivity contribution is 0.362. The average Bonchev–Trinajstić information content (AvgIpc) is 3.34. The van der Waals surface area contributed by atoms with Gasteiger partial charge in [0.1, 0.15) is 0 Å². The molecule has 1 N–H and O–H groups in total. The van der Waals surface area contributed by atoms with Crippen molar-refractivity contribution >= 4 is 11.0 Å². The van der Waals surface area contributed by atoms with Gasteiger partial charge in [-0.15, -0.1) is 0 Å². The van der Waals surface area contributed by atoms with Crippen LogP contribution >= 0.6 is 0 Å². The Hall–Kier alpha value is -2.70. The van der Waals surface area contributed by atoms with E-state index in [1.807, 2.05) is 26.0 Å². The van der Waals surface area contributed by atoms with E-state index in [0.717, 1.165) is 24.3 Å². The fourth-order valence-corrected chi connectivity index (χ4v) is 4.07. The molecule has 4 rings (SSSR count). The second kappa shape index (κ2) is 7.73. The molecule has 1 saturated carbocycles. The van der Waals surface area contributed by atoms with Gasteiger partial charge in [-0.25, -0.2) is 0 Å². The van der Waals surface area contributed by atoms with Crippen molar-refractivity contribution < 1.29 is 4.52 Å².